The second-order valence-corrected chi connectivity index (χ2v) is 8.90. The van der Waals surface area contributed by atoms with E-state index >= 15 is 0 Å². The van der Waals surface area contributed by atoms with Gasteiger partial charge in [-0.2, -0.15) is 5.26 Å². The summed E-state index contributed by atoms with van der Waals surface area (Å²) in [5.74, 6) is 0.0879. The van der Waals surface area contributed by atoms with Gasteiger partial charge in [-0.25, -0.2) is 4.98 Å². The fraction of sp³-hybridized carbons (Fsp3) is 0.259. The van der Waals surface area contributed by atoms with E-state index in [4.69, 9.17) is 5.26 Å². The molecule has 1 fully saturated rings. The fourth-order valence-electron chi connectivity index (χ4n) is 4.52. The number of fused-ring (bicyclic) bond motifs is 1. The van der Waals surface area contributed by atoms with Gasteiger partial charge in [0.25, 0.3) is 5.91 Å². The van der Waals surface area contributed by atoms with Gasteiger partial charge in [0.05, 0.1) is 35.4 Å². The van der Waals surface area contributed by atoms with Crippen LogP contribution >= 0.6 is 0 Å². The highest BCUT2D eigenvalue weighted by Crippen LogP contribution is 2.25. The molecule has 34 heavy (non-hydrogen) atoms. The van der Waals surface area contributed by atoms with Crippen molar-refractivity contribution < 1.29 is 4.79 Å². The van der Waals surface area contributed by atoms with Gasteiger partial charge < -0.3 is 9.80 Å². The third kappa shape index (κ3) is 4.16. The number of imidazole rings is 1. The van der Waals surface area contributed by atoms with Gasteiger partial charge in [-0.3, -0.25) is 14.2 Å². The number of carbonyl (C=O) groups is 1. The number of benzene rings is 2. The molecule has 4 aromatic rings. The molecule has 5 rings (SSSR count). The van der Waals surface area contributed by atoms with Crippen LogP contribution in [0.1, 0.15) is 28.8 Å². The number of carbonyl (C=O) groups excluding carboxylic acids is 1. The Kier molecular flexibility index (Phi) is 5.83. The molecule has 7 nitrogen and oxygen atoms in total. The van der Waals surface area contributed by atoms with Crippen LogP contribution in [0.4, 0.5) is 0 Å². The first-order chi connectivity index (χ1) is 16.5. The van der Waals surface area contributed by atoms with Crippen LogP contribution in [0, 0.1) is 11.3 Å². The molecule has 0 aliphatic carbocycles. The number of nitriles is 1. The molecule has 0 N–H and O–H groups in total. The standard InChI is InChI=1S/C27H26N6O/c1-31(2)23-11-13-32(14-12-23)27(34)22-9-7-20(8-10-22)24-18-33-25(16-30-26(33)17-29-24)21-5-3-19(15-28)4-6-21/h3-10,16-18,23H,11-14H2,1-2H3. The minimum atomic E-state index is 0.0879. The van der Waals surface area contributed by atoms with Crippen LogP contribution in [0.3, 0.4) is 0 Å². The summed E-state index contributed by atoms with van der Waals surface area (Å²) >= 11 is 0. The monoisotopic (exact) mass is 450 g/mol. The molecule has 1 saturated heterocycles. The Morgan fingerprint density at radius 1 is 0.971 bits per heavy atom. The van der Waals surface area contributed by atoms with Crippen molar-refractivity contribution in [2.75, 3.05) is 27.2 Å². The summed E-state index contributed by atoms with van der Waals surface area (Å²) in [6.45, 7) is 1.58. The number of hydrogen-bond donors (Lipinski definition) is 0. The van der Waals surface area contributed by atoms with Gasteiger partial charge >= 0.3 is 0 Å². The molecule has 0 spiro atoms. The second kappa shape index (κ2) is 9.08. The van der Waals surface area contributed by atoms with E-state index in [1.165, 1.54) is 0 Å². The van der Waals surface area contributed by atoms with E-state index in [2.05, 4.69) is 35.0 Å². The van der Waals surface area contributed by atoms with Crippen LogP contribution < -0.4 is 0 Å². The lowest BCUT2D eigenvalue weighted by molar-refractivity contribution is 0.0663. The van der Waals surface area contributed by atoms with Gasteiger partial charge in [0.15, 0.2) is 5.65 Å². The van der Waals surface area contributed by atoms with Crippen molar-refractivity contribution in [1.29, 1.82) is 5.26 Å². The molecule has 7 heteroatoms. The van der Waals surface area contributed by atoms with E-state index in [9.17, 15) is 4.79 Å². The van der Waals surface area contributed by atoms with E-state index in [0.29, 0.717) is 17.2 Å². The molecule has 3 heterocycles. The lowest BCUT2D eigenvalue weighted by Gasteiger charge is -2.35. The number of amides is 1. The van der Waals surface area contributed by atoms with Crippen molar-refractivity contribution >= 4 is 11.6 Å². The van der Waals surface area contributed by atoms with Crippen molar-refractivity contribution in [2.24, 2.45) is 0 Å². The zero-order chi connectivity index (χ0) is 23.7. The van der Waals surface area contributed by atoms with Crippen molar-refractivity contribution in [3.8, 4) is 28.6 Å². The molecule has 0 unspecified atom stereocenters. The molecule has 1 amide bonds. The van der Waals surface area contributed by atoms with Crippen LogP contribution in [0.25, 0.3) is 28.2 Å². The van der Waals surface area contributed by atoms with Crippen molar-refractivity contribution in [2.45, 2.75) is 18.9 Å². The zero-order valence-corrected chi connectivity index (χ0v) is 19.3. The molecule has 2 aromatic carbocycles. The highest BCUT2D eigenvalue weighted by atomic mass is 16.2. The van der Waals surface area contributed by atoms with E-state index in [0.717, 1.165) is 54.1 Å². The minimum Gasteiger partial charge on any atom is -0.339 e. The van der Waals surface area contributed by atoms with Crippen molar-refractivity contribution in [1.82, 2.24) is 24.2 Å². The number of hydrogen-bond acceptors (Lipinski definition) is 5. The summed E-state index contributed by atoms with van der Waals surface area (Å²) in [6.07, 6.45) is 7.53. The van der Waals surface area contributed by atoms with Gasteiger partial charge in [0, 0.05) is 42.0 Å². The second-order valence-electron chi connectivity index (χ2n) is 8.90. The molecular formula is C27H26N6O. The van der Waals surface area contributed by atoms with Crippen LogP contribution in [0.2, 0.25) is 0 Å². The van der Waals surface area contributed by atoms with E-state index in [1.807, 2.05) is 58.1 Å². The summed E-state index contributed by atoms with van der Waals surface area (Å²) in [5, 5.41) is 9.05. The van der Waals surface area contributed by atoms with Crippen LogP contribution in [0.15, 0.2) is 67.1 Å². The lowest BCUT2D eigenvalue weighted by Crippen LogP contribution is -2.44. The summed E-state index contributed by atoms with van der Waals surface area (Å²) < 4.78 is 2.00. The highest BCUT2D eigenvalue weighted by molar-refractivity contribution is 5.94. The summed E-state index contributed by atoms with van der Waals surface area (Å²) in [6, 6.07) is 17.8. The predicted molar refractivity (Wildman–Crippen MR) is 131 cm³/mol. The summed E-state index contributed by atoms with van der Waals surface area (Å²) in [5.41, 5.74) is 5.70. The molecule has 0 saturated carbocycles. The molecule has 1 aliphatic heterocycles. The van der Waals surface area contributed by atoms with Gasteiger partial charge in [0.2, 0.25) is 0 Å². The number of piperidine rings is 1. The average molecular weight is 451 g/mol. The smallest absolute Gasteiger partial charge is 0.253 e. The van der Waals surface area contributed by atoms with Crippen LogP contribution in [0.5, 0.6) is 0 Å². The maximum atomic E-state index is 13.0. The molecule has 0 radical (unpaired) electrons. The zero-order valence-electron chi connectivity index (χ0n) is 19.3. The molecule has 0 atom stereocenters. The Balaban J connectivity index is 1.37. The Labute approximate surface area is 198 Å². The van der Waals surface area contributed by atoms with Gasteiger partial charge in [0.1, 0.15) is 0 Å². The Hall–Kier alpha value is -4.02. The largest absolute Gasteiger partial charge is 0.339 e. The van der Waals surface area contributed by atoms with Gasteiger partial charge in [-0.05, 0) is 51.2 Å². The van der Waals surface area contributed by atoms with Crippen molar-refractivity contribution in [3.63, 3.8) is 0 Å². The lowest BCUT2D eigenvalue weighted by atomic mass is 10.0. The molecule has 1 aliphatic rings. The fourth-order valence-corrected chi connectivity index (χ4v) is 4.52. The first-order valence-corrected chi connectivity index (χ1v) is 11.4. The average Bonchev–Trinajstić information content (AvgIpc) is 3.32. The number of likely N-dealkylation sites (tertiary alicyclic amines) is 1. The number of nitrogens with zero attached hydrogens (tertiary/aromatic N) is 6. The van der Waals surface area contributed by atoms with Gasteiger partial charge in [-0.15, -0.1) is 0 Å². The first kappa shape index (κ1) is 21.8. The Morgan fingerprint density at radius 2 is 1.65 bits per heavy atom. The topological polar surface area (TPSA) is 77.5 Å². The SMILES string of the molecule is CN(C)C1CCN(C(=O)c2ccc(-c3cn4c(-c5ccc(C#N)cc5)cnc4cn3)cc2)CC1. The number of rotatable bonds is 4. The Bertz CT molecular complexity index is 1360. The third-order valence-corrected chi connectivity index (χ3v) is 6.62. The molecular weight excluding hydrogens is 424 g/mol. The van der Waals surface area contributed by atoms with Gasteiger partial charge in [-0.1, -0.05) is 24.3 Å². The molecule has 0 bridgehead atoms. The first-order valence-electron chi connectivity index (χ1n) is 11.4. The Morgan fingerprint density at radius 3 is 2.29 bits per heavy atom. The van der Waals surface area contributed by atoms with Crippen LogP contribution in [-0.2, 0) is 0 Å². The van der Waals surface area contributed by atoms with E-state index in [1.54, 1.807) is 18.3 Å². The maximum absolute atomic E-state index is 13.0. The predicted octanol–water partition coefficient (Wildman–Crippen LogP) is 4.10. The highest BCUT2D eigenvalue weighted by Gasteiger charge is 2.24. The summed E-state index contributed by atoms with van der Waals surface area (Å²) in [7, 11) is 4.20. The van der Waals surface area contributed by atoms with Crippen LogP contribution in [-0.4, -0.2) is 63.3 Å². The van der Waals surface area contributed by atoms with Crippen molar-refractivity contribution in [3.05, 3.63) is 78.2 Å². The normalized spacial score (nSPS) is 14.5. The quantitative estimate of drug-likeness (QED) is 0.468. The minimum absolute atomic E-state index is 0.0879. The molecule has 170 valence electrons. The summed E-state index contributed by atoms with van der Waals surface area (Å²) in [4.78, 5) is 26.2. The molecule has 2 aromatic heterocycles. The maximum Gasteiger partial charge on any atom is 0.253 e. The van der Waals surface area contributed by atoms with E-state index < -0.39 is 0 Å². The number of aromatic nitrogens is 3. The van der Waals surface area contributed by atoms with E-state index in [-0.39, 0.29) is 5.91 Å². The third-order valence-electron chi connectivity index (χ3n) is 6.62.